The molecular weight excluding hydrogens is 415 g/mol. The Bertz CT molecular complexity index is 495. The molecule has 6 heteroatoms. The summed E-state index contributed by atoms with van der Waals surface area (Å²) in [6, 6.07) is 4.43. The average molecular weight is 448 g/mol. The summed E-state index contributed by atoms with van der Waals surface area (Å²) in [5.74, 6) is 3.60. The number of likely N-dealkylation sites (tertiary alicyclic amines) is 1. The molecule has 2 heterocycles. The van der Waals surface area contributed by atoms with Crippen LogP contribution in [0.25, 0.3) is 0 Å². The highest BCUT2D eigenvalue weighted by molar-refractivity contribution is 14.0. The zero-order valence-electron chi connectivity index (χ0n) is 15.5. The molecule has 1 fully saturated rings. The molecule has 0 radical (unpaired) electrons. The molecule has 138 valence electrons. The SMILES string of the molecule is CN=C(NCCC(C)C)NCC(c1ccc(C)o1)N1CCCC1.I. The number of hydrogen-bond donors (Lipinski definition) is 2. The molecule has 0 spiro atoms. The van der Waals surface area contributed by atoms with Crippen molar-refractivity contribution >= 4 is 29.9 Å². The monoisotopic (exact) mass is 448 g/mol. The lowest BCUT2D eigenvalue weighted by Gasteiger charge is -2.26. The number of aliphatic imine (C=N–C) groups is 1. The third-order valence-corrected chi connectivity index (χ3v) is 4.37. The Balaban J connectivity index is 0.00000288. The topological polar surface area (TPSA) is 52.8 Å². The van der Waals surface area contributed by atoms with E-state index in [0.717, 1.165) is 50.1 Å². The molecule has 2 N–H and O–H groups in total. The molecule has 0 aromatic carbocycles. The van der Waals surface area contributed by atoms with Gasteiger partial charge in [-0.3, -0.25) is 9.89 Å². The molecule has 1 aliphatic heterocycles. The first-order chi connectivity index (χ1) is 11.1. The second-order valence-corrected chi connectivity index (χ2v) is 6.77. The van der Waals surface area contributed by atoms with Crippen LogP contribution in [0.2, 0.25) is 0 Å². The molecule has 1 saturated heterocycles. The maximum Gasteiger partial charge on any atom is 0.191 e. The fraction of sp³-hybridized carbons (Fsp3) is 0.722. The maximum absolute atomic E-state index is 5.89. The molecule has 0 bridgehead atoms. The Labute approximate surface area is 163 Å². The molecule has 5 nitrogen and oxygen atoms in total. The first-order valence-corrected chi connectivity index (χ1v) is 8.85. The van der Waals surface area contributed by atoms with Crippen molar-refractivity contribution in [3.8, 4) is 0 Å². The molecule has 24 heavy (non-hydrogen) atoms. The Morgan fingerprint density at radius 3 is 2.50 bits per heavy atom. The summed E-state index contributed by atoms with van der Waals surface area (Å²) in [6.45, 7) is 10.5. The van der Waals surface area contributed by atoms with Gasteiger partial charge in [0.25, 0.3) is 0 Å². The molecule has 0 aliphatic carbocycles. The summed E-state index contributed by atoms with van der Waals surface area (Å²) < 4.78 is 5.89. The Morgan fingerprint density at radius 1 is 1.25 bits per heavy atom. The number of rotatable bonds is 7. The van der Waals surface area contributed by atoms with Crippen LogP contribution in [0.4, 0.5) is 0 Å². The second kappa shape index (κ2) is 11.0. The number of aryl methyl sites for hydroxylation is 1. The van der Waals surface area contributed by atoms with Gasteiger partial charge in [0, 0.05) is 20.1 Å². The van der Waals surface area contributed by atoms with Crippen molar-refractivity contribution in [2.24, 2.45) is 10.9 Å². The zero-order valence-corrected chi connectivity index (χ0v) is 17.8. The van der Waals surface area contributed by atoms with Crippen LogP contribution in [-0.2, 0) is 0 Å². The minimum absolute atomic E-state index is 0. The Hall–Kier alpha value is -0.760. The normalized spacial score (nSPS) is 17.0. The van der Waals surface area contributed by atoms with Crippen LogP contribution in [0, 0.1) is 12.8 Å². The summed E-state index contributed by atoms with van der Waals surface area (Å²) in [4.78, 5) is 6.83. The predicted molar refractivity (Wildman–Crippen MR) is 111 cm³/mol. The van der Waals surface area contributed by atoms with Crippen LogP contribution in [0.15, 0.2) is 21.5 Å². The van der Waals surface area contributed by atoms with Gasteiger partial charge >= 0.3 is 0 Å². The van der Waals surface area contributed by atoms with Crippen LogP contribution in [-0.4, -0.2) is 44.1 Å². The van der Waals surface area contributed by atoms with E-state index in [9.17, 15) is 0 Å². The molecule has 1 aromatic heterocycles. The van der Waals surface area contributed by atoms with Crippen molar-refractivity contribution in [3.05, 3.63) is 23.7 Å². The van der Waals surface area contributed by atoms with Crippen LogP contribution < -0.4 is 10.6 Å². The van der Waals surface area contributed by atoms with Crippen molar-refractivity contribution in [1.29, 1.82) is 0 Å². The summed E-state index contributed by atoms with van der Waals surface area (Å²) >= 11 is 0. The van der Waals surface area contributed by atoms with E-state index in [0.29, 0.717) is 5.92 Å². The van der Waals surface area contributed by atoms with Crippen LogP contribution in [0.1, 0.15) is 50.7 Å². The fourth-order valence-electron chi connectivity index (χ4n) is 2.99. The molecule has 0 amide bonds. The lowest BCUT2D eigenvalue weighted by atomic mass is 10.1. The van der Waals surface area contributed by atoms with Crippen molar-refractivity contribution in [3.63, 3.8) is 0 Å². The number of halogens is 1. The van der Waals surface area contributed by atoms with E-state index in [1.165, 1.54) is 12.8 Å². The van der Waals surface area contributed by atoms with E-state index in [-0.39, 0.29) is 30.0 Å². The minimum atomic E-state index is 0. The van der Waals surface area contributed by atoms with Crippen LogP contribution >= 0.6 is 24.0 Å². The van der Waals surface area contributed by atoms with E-state index in [2.05, 4.69) is 40.4 Å². The van der Waals surface area contributed by atoms with Crippen molar-refractivity contribution in [1.82, 2.24) is 15.5 Å². The van der Waals surface area contributed by atoms with Gasteiger partial charge < -0.3 is 15.1 Å². The highest BCUT2D eigenvalue weighted by Gasteiger charge is 2.26. The van der Waals surface area contributed by atoms with E-state index >= 15 is 0 Å². The third kappa shape index (κ3) is 6.63. The standard InChI is InChI=1S/C18H32N4O.HI/c1-14(2)9-10-20-18(19-4)21-13-16(22-11-5-6-12-22)17-8-7-15(3)23-17;/h7-8,14,16H,5-6,9-13H2,1-4H3,(H2,19,20,21);1H. The molecular formula is C18H33IN4O. The highest BCUT2D eigenvalue weighted by atomic mass is 127. The van der Waals surface area contributed by atoms with Gasteiger partial charge in [0.2, 0.25) is 0 Å². The van der Waals surface area contributed by atoms with Gasteiger partial charge in [0.15, 0.2) is 5.96 Å². The summed E-state index contributed by atoms with van der Waals surface area (Å²) in [7, 11) is 1.83. The maximum atomic E-state index is 5.89. The largest absolute Gasteiger partial charge is 0.465 e. The first-order valence-electron chi connectivity index (χ1n) is 8.85. The zero-order chi connectivity index (χ0) is 16.7. The number of furan rings is 1. The number of hydrogen-bond acceptors (Lipinski definition) is 3. The van der Waals surface area contributed by atoms with Crippen LogP contribution in [0.5, 0.6) is 0 Å². The minimum Gasteiger partial charge on any atom is -0.465 e. The molecule has 2 rings (SSSR count). The lowest BCUT2D eigenvalue weighted by molar-refractivity contribution is 0.213. The van der Waals surface area contributed by atoms with E-state index in [1.807, 2.05) is 20.0 Å². The van der Waals surface area contributed by atoms with E-state index < -0.39 is 0 Å². The number of nitrogens with one attached hydrogen (secondary N) is 2. The predicted octanol–water partition coefficient (Wildman–Crippen LogP) is 3.55. The van der Waals surface area contributed by atoms with E-state index in [4.69, 9.17) is 4.42 Å². The van der Waals surface area contributed by atoms with Gasteiger partial charge in [-0.25, -0.2) is 0 Å². The van der Waals surface area contributed by atoms with Crippen molar-refractivity contribution < 1.29 is 4.42 Å². The highest BCUT2D eigenvalue weighted by Crippen LogP contribution is 2.26. The molecule has 1 aliphatic rings. The lowest BCUT2D eigenvalue weighted by Crippen LogP contribution is -2.43. The Kier molecular flexibility index (Phi) is 9.73. The summed E-state index contributed by atoms with van der Waals surface area (Å²) in [5, 5.41) is 6.86. The Morgan fingerprint density at radius 2 is 1.96 bits per heavy atom. The average Bonchev–Trinajstić information content (AvgIpc) is 3.17. The van der Waals surface area contributed by atoms with Crippen LogP contribution in [0.3, 0.4) is 0 Å². The van der Waals surface area contributed by atoms with Crippen molar-refractivity contribution in [2.75, 3.05) is 33.2 Å². The molecule has 0 saturated carbocycles. The summed E-state index contributed by atoms with van der Waals surface area (Å²) in [6.07, 6.45) is 3.70. The molecule has 1 aromatic rings. The quantitative estimate of drug-likeness (QED) is 0.381. The van der Waals surface area contributed by atoms with Gasteiger partial charge in [-0.05, 0) is 57.3 Å². The number of nitrogens with zero attached hydrogens (tertiary/aromatic N) is 2. The summed E-state index contributed by atoms with van der Waals surface area (Å²) in [5.41, 5.74) is 0. The van der Waals surface area contributed by atoms with Gasteiger partial charge in [0.05, 0.1) is 6.04 Å². The molecule has 1 atom stereocenters. The van der Waals surface area contributed by atoms with Crippen molar-refractivity contribution in [2.45, 2.75) is 46.1 Å². The smallest absolute Gasteiger partial charge is 0.191 e. The van der Waals surface area contributed by atoms with Gasteiger partial charge in [0.1, 0.15) is 11.5 Å². The van der Waals surface area contributed by atoms with Gasteiger partial charge in [-0.1, -0.05) is 13.8 Å². The second-order valence-electron chi connectivity index (χ2n) is 6.77. The van der Waals surface area contributed by atoms with E-state index in [1.54, 1.807) is 0 Å². The third-order valence-electron chi connectivity index (χ3n) is 4.37. The fourth-order valence-corrected chi connectivity index (χ4v) is 2.99. The number of guanidine groups is 1. The first kappa shape index (κ1) is 21.3. The van der Waals surface area contributed by atoms with Gasteiger partial charge in [-0.15, -0.1) is 24.0 Å². The van der Waals surface area contributed by atoms with Gasteiger partial charge in [-0.2, -0.15) is 0 Å². The molecule has 1 unspecified atom stereocenters.